The van der Waals surface area contributed by atoms with Gasteiger partial charge in [-0.25, -0.2) is 13.8 Å². The predicted octanol–water partition coefficient (Wildman–Crippen LogP) is 4.44. The monoisotopic (exact) mass is 328 g/mol. The zero-order valence-corrected chi connectivity index (χ0v) is 13.0. The van der Waals surface area contributed by atoms with E-state index in [4.69, 9.17) is 17.3 Å². The molecule has 0 radical (unpaired) electrons. The van der Waals surface area contributed by atoms with Crippen LogP contribution in [0.5, 0.6) is 0 Å². The Balaban J connectivity index is 2.27. The van der Waals surface area contributed by atoms with Crippen molar-refractivity contribution < 1.29 is 8.78 Å². The number of nitrogens with two attached hydrogens (primary N) is 1. The molecule has 0 amide bonds. The van der Waals surface area contributed by atoms with Crippen molar-refractivity contribution in [2.24, 2.45) is 5.73 Å². The van der Waals surface area contributed by atoms with Gasteiger partial charge in [0.15, 0.2) is 0 Å². The Morgan fingerprint density at radius 2 is 2.00 bits per heavy atom. The molecule has 0 bridgehead atoms. The molecule has 2 nitrogen and oxygen atoms in total. The second kappa shape index (κ2) is 7.20. The van der Waals surface area contributed by atoms with Gasteiger partial charge in [-0.3, -0.25) is 0 Å². The van der Waals surface area contributed by atoms with Crippen molar-refractivity contribution in [3.8, 4) is 0 Å². The molecule has 1 aromatic carbocycles. The maximum atomic E-state index is 14.1. The van der Waals surface area contributed by atoms with Crippen LogP contribution in [0.3, 0.4) is 0 Å². The summed E-state index contributed by atoms with van der Waals surface area (Å²) in [5, 5.41) is 0.730. The van der Waals surface area contributed by atoms with E-state index in [0.29, 0.717) is 22.0 Å². The molecule has 2 N–H and O–H groups in total. The van der Waals surface area contributed by atoms with Gasteiger partial charge in [-0.05, 0) is 42.7 Å². The molecular formula is C15H15ClF2N2S. The van der Waals surface area contributed by atoms with E-state index in [1.807, 2.05) is 6.92 Å². The molecule has 0 aliphatic carbocycles. The maximum absolute atomic E-state index is 14.1. The Hall–Kier alpha value is -1.17. The van der Waals surface area contributed by atoms with Gasteiger partial charge >= 0.3 is 0 Å². The third-order valence-corrected chi connectivity index (χ3v) is 4.53. The van der Waals surface area contributed by atoms with Gasteiger partial charge in [0.05, 0.1) is 9.92 Å². The first-order valence-electron chi connectivity index (χ1n) is 6.53. The third kappa shape index (κ3) is 4.15. The Labute approximate surface area is 131 Å². The summed E-state index contributed by atoms with van der Waals surface area (Å²) in [4.78, 5) is 3.91. The molecule has 6 heteroatoms. The van der Waals surface area contributed by atoms with Crippen LogP contribution in [0.1, 0.15) is 18.9 Å². The van der Waals surface area contributed by atoms with Gasteiger partial charge in [0.1, 0.15) is 16.7 Å². The molecule has 21 heavy (non-hydrogen) atoms. The quantitative estimate of drug-likeness (QED) is 0.881. The number of benzene rings is 1. The van der Waals surface area contributed by atoms with E-state index in [0.717, 1.165) is 18.2 Å². The lowest BCUT2D eigenvalue weighted by atomic mass is 10.0. The Bertz CT molecular complexity index is 614. The molecule has 1 unspecified atom stereocenters. The summed E-state index contributed by atoms with van der Waals surface area (Å²) in [7, 11) is 0. The first kappa shape index (κ1) is 16.2. The number of rotatable bonds is 5. The Kier molecular flexibility index (Phi) is 5.56. The van der Waals surface area contributed by atoms with Gasteiger partial charge in [0.25, 0.3) is 0 Å². The molecule has 0 aliphatic heterocycles. The van der Waals surface area contributed by atoms with Crippen LogP contribution in [0, 0.1) is 11.6 Å². The zero-order valence-electron chi connectivity index (χ0n) is 11.4. The molecule has 1 heterocycles. The number of pyridine rings is 1. The van der Waals surface area contributed by atoms with Gasteiger partial charge in [-0.15, -0.1) is 0 Å². The molecular weight excluding hydrogens is 314 g/mol. The van der Waals surface area contributed by atoms with Gasteiger partial charge in [0, 0.05) is 12.2 Å². The summed E-state index contributed by atoms with van der Waals surface area (Å²) in [6, 6.07) is 5.82. The lowest BCUT2D eigenvalue weighted by Crippen LogP contribution is -2.21. The number of halogens is 3. The molecule has 1 atom stereocenters. The fourth-order valence-corrected chi connectivity index (χ4v) is 2.84. The van der Waals surface area contributed by atoms with E-state index < -0.39 is 11.6 Å². The minimum Gasteiger partial charge on any atom is -0.327 e. The highest BCUT2D eigenvalue weighted by Gasteiger charge is 2.15. The smallest absolute Gasteiger partial charge is 0.140 e. The van der Waals surface area contributed by atoms with Crippen LogP contribution in [0.25, 0.3) is 0 Å². The summed E-state index contributed by atoms with van der Waals surface area (Å²) in [6.45, 7) is 1.94. The molecule has 0 saturated heterocycles. The molecule has 2 rings (SSSR count). The lowest BCUT2D eigenvalue weighted by Gasteiger charge is -2.11. The van der Waals surface area contributed by atoms with Crippen LogP contribution in [0.2, 0.25) is 5.02 Å². The van der Waals surface area contributed by atoms with Crippen LogP contribution < -0.4 is 5.73 Å². The van der Waals surface area contributed by atoms with Crippen LogP contribution in [0.4, 0.5) is 8.78 Å². The zero-order chi connectivity index (χ0) is 15.4. The SMILES string of the molecule is CCC(N)Cc1cc(F)c(Sc2ncccc2Cl)c(F)c1. The first-order chi connectivity index (χ1) is 10.0. The average molecular weight is 329 g/mol. The Morgan fingerprint density at radius 3 is 2.57 bits per heavy atom. The molecule has 0 aliphatic rings. The molecule has 112 valence electrons. The number of aromatic nitrogens is 1. The van der Waals surface area contributed by atoms with Crippen molar-refractivity contribution in [2.75, 3.05) is 0 Å². The van der Waals surface area contributed by atoms with Crippen LogP contribution in [-0.4, -0.2) is 11.0 Å². The second-order valence-electron chi connectivity index (χ2n) is 4.65. The fraction of sp³-hybridized carbons (Fsp3) is 0.267. The molecule has 0 saturated carbocycles. The summed E-state index contributed by atoms with van der Waals surface area (Å²) in [5.74, 6) is -1.25. The van der Waals surface area contributed by atoms with Crippen molar-refractivity contribution in [3.05, 3.63) is 52.7 Å². The minimum absolute atomic E-state index is 0.104. The number of hydrogen-bond acceptors (Lipinski definition) is 3. The predicted molar refractivity (Wildman–Crippen MR) is 81.7 cm³/mol. The van der Waals surface area contributed by atoms with Crippen molar-refractivity contribution in [3.63, 3.8) is 0 Å². The molecule has 0 spiro atoms. The van der Waals surface area contributed by atoms with E-state index in [2.05, 4.69) is 4.98 Å². The van der Waals surface area contributed by atoms with E-state index in [1.165, 1.54) is 18.3 Å². The second-order valence-corrected chi connectivity index (χ2v) is 6.06. The van der Waals surface area contributed by atoms with Crippen LogP contribution in [0.15, 0.2) is 40.4 Å². The molecule has 2 aromatic rings. The highest BCUT2D eigenvalue weighted by atomic mass is 35.5. The summed E-state index contributed by atoms with van der Waals surface area (Å²) in [6.07, 6.45) is 2.72. The topological polar surface area (TPSA) is 38.9 Å². The van der Waals surface area contributed by atoms with Crippen molar-refractivity contribution in [1.82, 2.24) is 4.98 Å². The van der Waals surface area contributed by atoms with E-state index >= 15 is 0 Å². The standard InChI is InChI=1S/C15H15ClF2N2S/c1-2-10(19)6-9-7-12(17)14(13(18)8-9)21-15-11(16)4-3-5-20-15/h3-5,7-8,10H,2,6,19H2,1H3. The van der Waals surface area contributed by atoms with E-state index in [1.54, 1.807) is 12.1 Å². The molecule has 1 aromatic heterocycles. The van der Waals surface area contributed by atoms with Gasteiger partial charge < -0.3 is 5.73 Å². The highest BCUT2D eigenvalue weighted by molar-refractivity contribution is 7.99. The average Bonchev–Trinajstić information content (AvgIpc) is 2.44. The third-order valence-electron chi connectivity index (χ3n) is 3.00. The van der Waals surface area contributed by atoms with Gasteiger partial charge in [-0.2, -0.15) is 0 Å². The number of hydrogen-bond donors (Lipinski definition) is 1. The first-order valence-corrected chi connectivity index (χ1v) is 7.72. The van der Waals surface area contributed by atoms with E-state index in [-0.39, 0.29) is 10.9 Å². The van der Waals surface area contributed by atoms with Crippen LogP contribution >= 0.6 is 23.4 Å². The summed E-state index contributed by atoms with van der Waals surface area (Å²) in [5.41, 5.74) is 6.36. The number of nitrogens with zero attached hydrogens (tertiary/aromatic N) is 1. The maximum Gasteiger partial charge on any atom is 0.140 e. The lowest BCUT2D eigenvalue weighted by molar-refractivity contribution is 0.533. The highest BCUT2D eigenvalue weighted by Crippen LogP contribution is 2.35. The normalized spacial score (nSPS) is 12.4. The largest absolute Gasteiger partial charge is 0.327 e. The summed E-state index contributed by atoms with van der Waals surface area (Å²) < 4.78 is 28.2. The molecule has 0 fully saturated rings. The van der Waals surface area contributed by atoms with Gasteiger partial charge in [-0.1, -0.05) is 30.3 Å². The minimum atomic E-state index is -0.625. The Morgan fingerprint density at radius 1 is 1.33 bits per heavy atom. The van der Waals surface area contributed by atoms with Gasteiger partial charge in [0.2, 0.25) is 0 Å². The summed E-state index contributed by atoms with van der Waals surface area (Å²) >= 11 is 6.83. The van der Waals surface area contributed by atoms with Crippen molar-refractivity contribution >= 4 is 23.4 Å². The van der Waals surface area contributed by atoms with Crippen molar-refractivity contribution in [2.45, 2.75) is 35.7 Å². The van der Waals surface area contributed by atoms with Crippen LogP contribution in [-0.2, 0) is 6.42 Å². The van der Waals surface area contributed by atoms with Crippen molar-refractivity contribution in [1.29, 1.82) is 0 Å². The fourth-order valence-electron chi connectivity index (χ4n) is 1.82. The van der Waals surface area contributed by atoms with E-state index in [9.17, 15) is 8.78 Å².